The molecule has 6 heteroatoms. The summed E-state index contributed by atoms with van der Waals surface area (Å²) in [5.41, 5.74) is 3.03. The highest BCUT2D eigenvalue weighted by Crippen LogP contribution is 2.07. The van der Waals surface area contributed by atoms with E-state index in [9.17, 15) is 4.79 Å². The van der Waals surface area contributed by atoms with Gasteiger partial charge in [0.15, 0.2) is 5.96 Å². The first-order valence-corrected chi connectivity index (χ1v) is 8.27. The van der Waals surface area contributed by atoms with Gasteiger partial charge in [-0.1, -0.05) is 42.5 Å². The van der Waals surface area contributed by atoms with Crippen molar-refractivity contribution >= 4 is 35.8 Å². The Bertz CT molecular complexity index is 714. The van der Waals surface area contributed by atoms with Gasteiger partial charge in [0.05, 0.1) is 0 Å². The molecule has 2 aromatic rings. The Labute approximate surface area is 173 Å². The molecule has 26 heavy (non-hydrogen) atoms. The topological polar surface area (TPSA) is 47.9 Å². The SMILES string of the molecule is CN=C(NCc1ccc(C(=O)N(C)C)cc1)N(C)Cc1ccccc1.I. The maximum Gasteiger partial charge on any atom is 0.253 e. The zero-order chi connectivity index (χ0) is 18.2. The van der Waals surface area contributed by atoms with Crippen molar-refractivity contribution in [3.8, 4) is 0 Å². The van der Waals surface area contributed by atoms with Crippen molar-refractivity contribution in [2.75, 3.05) is 28.2 Å². The fraction of sp³-hybridized carbons (Fsp3) is 0.300. The van der Waals surface area contributed by atoms with Crippen LogP contribution >= 0.6 is 24.0 Å². The molecule has 0 aliphatic heterocycles. The number of amides is 1. The highest BCUT2D eigenvalue weighted by Gasteiger charge is 2.09. The van der Waals surface area contributed by atoms with E-state index >= 15 is 0 Å². The van der Waals surface area contributed by atoms with Gasteiger partial charge < -0.3 is 15.1 Å². The van der Waals surface area contributed by atoms with E-state index in [0.717, 1.165) is 18.1 Å². The fourth-order valence-corrected chi connectivity index (χ4v) is 2.52. The molecule has 0 radical (unpaired) electrons. The number of guanidine groups is 1. The lowest BCUT2D eigenvalue weighted by Crippen LogP contribution is -2.38. The van der Waals surface area contributed by atoms with Gasteiger partial charge in [-0.3, -0.25) is 9.79 Å². The summed E-state index contributed by atoms with van der Waals surface area (Å²) in [6, 6.07) is 17.9. The Kier molecular flexibility index (Phi) is 9.12. The number of benzene rings is 2. The molecule has 2 aromatic carbocycles. The molecule has 0 aliphatic rings. The van der Waals surface area contributed by atoms with Crippen molar-refractivity contribution in [1.82, 2.24) is 15.1 Å². The average Bonchev–Trinajstić information content (AvgIpc) is 2.63. The van der Waals surface area contributed by atoms with Gasteiger partial charge in [-0.05, 0) is 23.3 Å². The van der Waals surface area contributed by atoms with Crippen LogP contribution in [0, 0.1) is 0 Å². The molecule has 0 fully saturated rings. The maximum atomic E-state index is 11.9. The van der Waals surface area contributed by atoms with E-state index in [1.807, 2.05) is 49.5 Å². The number of carbonyl (C=O) groups excluding carboxylic acids is 1. The summed E-state index contributed by atoms with van der Waals surface area (Å²) in [5, 5.41) is 3.36. The van der Waals surface area contributed by atoms with Crippen molar-refractivity contribution in [3.05, 3.63) is 71.3 Å². The summed E-state index contributed by atoms with van der Waals surface area (Å²) in [6.07, 6.45) is 0. The minimum absolute atomic E-state index is 0. The van der Waals surface area contributed by atoms with Gasteiger partial charge in [0.25, 0.3) is 5.91 Å². The zero-order valence-corrected chi connectivity index (χ0v) is 18.1. The third kappa shape index (κ3) is 6.33. The van der Waals surface area contributed by atoms with Crippen LogP contribution in [0.1, 0.15) is 21.5 Å². The third-order valence-corrected chi connectivity index (χ3v) is 3.89. The second-order valence-corrected chi connectivity index (χ2v) is 6.14. The van der Waals surface area contributed by atoms with Crippen LogP contribution in [-0.4, -0.2) is 49.9 Å². The van der Waals surface area contributed by atoms with Crippen LogP contribution in [0.4, 0.5) is 0 Å². The quantitative estimate of drug-likeness (QED) is 0.419. The summed E-state index contributed by atoms with van der Waals surface area (Å²) >= 11 is 0. The van der Waals surface area contributed by atoms with Crippen molar-refractivity contribution in [1.29, 1.82) is 0 Å². The lowest BCUT2D eigenvalue weighted by atomic mass is 10.1. The van der Waals surface area contributed by atoms with E-state index < -0.39 is 0 Å². The number of hydrogen-bond acceptors (Lipinski definition) is 2. The Morgan fingerprint density at radius 3 is 2.12 bits per heavy atom. The number of carbonyl (C=O) groups is 1. The Morgan fingerprint density at radius 1 is 0.962 bits per heavy atom. The van der Waals surface area contributed by atoms with Gasteiger partial charge in [0.1, 0.15) is 0 Å². The third-order valence-electron chi connectivity index (χ3n) is 3.89. The highest BCUT2D eigenvalue weighted by atomic mass is 127. The summed E-state index contributed by atoms with van der Waals surface area (Å²) in [4.78, 5) is 19.9. The number of hydrogen-bond donors (Lipinski definition) is 1. The highest BCUT2D eigenvalue weighted by molar-refractivity contribution is 14.0. The Hall–Kier alpha value is -2.09. The molecule has 0 saturated carbocycles. The van der Waals surface area contributed by atoms with Crippen LogP contribution in [-0.2, 0) is 13.1 Å². The standard InChI is InChI=1S/C20H26N4O.HI/c1-21-20(24(4)15-17-8-6-5-7-9-17)22-14-16-10-12-18(13-11-16)19(25)23(2)3;/h5-13H,14-15H2,1-4H3,(H,21,22);1H. The molecule has 0 atom stereocenters. The summed E-state index contributed by atoms with van der Waals surface area (Å²) in [7, 11) is 7.30. The maximum absolute atomic E-state index is 11.9. The molecule has 0 heterocycles. The van der Waals surface area contributed by atoms with Crippen LogP contribution in [0.3, 0.4) is 0 Å². The van der Waals surface area contributed by atoms with Gasteiger partial charge in [0.2, 0.25) is 0 Å². The smallest absolute Gasteiger partial charge is 0.253 e. The number of rotatable bonds is 5. The van der Waals surface area contributed by atoms with Gasteiger partial charge in [-0.15, -0.1) is 24.0 Å². The fourth-order valence-electron chi connectivity index (χ4n) is 2.52. The lowest BCUT2D eigenvalue weighted by Gasteiger charge is -2.22. The van der Waals surface area contributed by atoms with Crippen molar-refractivity contribution in [2.45, 2.75) is 13.1 Å². The van der Waals surface area contributed by atoms with E-state index in [1.54, 1.807) is 26.0 Å². The first-order valence-electron chi connectivity index (χ1n) is 8.27. The monoisotopic (exact) mass is 466 g/mol. The molecule has 0 bridgehead atoms. The van der Waals surface area contributed by atoms with Crippen LogP contribution in [0.2, 0.25) is 0 Å². The molecule has 0 aromatic heterocycles. The predicted octanol–water partition coefficient (Wildman–Crippen LogP) is 3.21. The number of aliphatic imine (C=N–C) groups is 1. The van der Waals surface area contributed by atoms with Gasteiger partial charge in [-0.25, -0.2) is 0 Å². The zero-order valence-electron chi connectivity index (χ0n) is 15.8. The average molecular weight is 466 g/mol. The predicted molar refractivity (Wildman–Crippen MR) is 118 cm³/mol. The van der Waals surface area contributed by atoms with E-state index in [1.165, 1.54) is 5.56 Å². The van der Waals surface area contributed by atoms with Crippen LogP contribution in [0.5, 0.6) is 0 Å². The molecule has 2 rings (SSSR count). The molecule has 0 saturated heterocycles. The van der Waals surface area contributed by atoms with E-state index in [0.29, 0.717) is 12.1 Å². The Morgan fingerprint density at radius 2 is 1.58 bits per heavy atom. The lowest BCUT2D eigenvalue weighted by molar-refractivity contribution is 0.0827. The van der Waals surface area contributed by atoms with Crippen LogP contribution in [0.25, 0.3) is 0 Å². The van der Waals surface area contributed by atoms with Crippen molar-refractivity contribution < 1.29 is 4.79 Å². The van der Waals surface area contributed by atoms with E-state index in [2.05, 4.69) is 27.3 Å². The van der Waals surface area contributed by atoms with Crippen molar-refractivity contribution in [2.24, 2.45) is 4.99 Å². The largest absolute Gasteiger partial charge is 0.352 e. The summed E-state index contributed by atoms with van der Waals surface area (Å²) < 4.78 is 0. The summed E-state index contributed by atoms with van der Waals surface area (Å²) in [5.74, 6) is 0.843. The van der Waals surface area contributed by atoms with Gasteiger partial charge in [0, 0.05) is 46.8 Å². The molecule has 140 valence electrons. The van der Waals surface area contributed by atoms with Crippen LogP contribution < -0.4 is 5.32 Å². The number of nitrogens with one attached hydrogen (secondary N) is 1. The minimum atomic E-state index is 0. The van der Waals surface area contributed by atoms with Crippen molar-refractivity contribution in [3.63, 3.8) is 0 Å². The molecular weight excluding hydrogens is 439 g/mol. The first-order chi connectivity index (χ1) is 12.0. The van der Waals surface area contributed by atoms with E-state index in [-0.39, 0.29) is 29.9 Å². The molecular formula is C20H27IN4O. The molecule has 5 nitrogen and oxygen atoms in total. The minimum Gasteiger partial charge on any atom is -0.352 e. The molecule has 1 N–H and O–H groups in total. The second kappa shape index (κ2) is 10.8. The van der Waals surface area contributed by atoms with Crippen LogP contribution in [0.15, 0.2) is 59.6 Å². The number of halogens is 1. The first kappa shape index (κ1) is 22.0. The van der Waals surface area contributed by atoms with Gasteiger partial charge >= 0.3 is 0 Å². The molecule has 0 unspecified atom stereocenters. The van der Waals surface area contributed by atoms with E-state index in [4.69, 9.17) is 0 Å². The molecule has 0 spiro atoms. The van der Waals surface area contributed by atoms with Gasteiger partial charge in [-0.2, -0.15) is 0 Å². The number of nitrogens with zero attached hydrogens (tertiary/aromatic N) is 3. The molecule has 1 amide bonds. The second-order valence-electron chi connectivity index (χ2n) is 6.14. The normalized spacial score (nSPS) is 10.7. The Balaban J connectivity index is 0.00000338. The molecule has 0 aliphatic carbocycles. The summed E-state index contributed by atoms with van der Waals surface area (Å²) in [6.45, 7) is 1.44.